The van der Waals surface area contributed by atoms with Crippen LogP contribution in [0.1, 0.15) is 5.76 Å². The molecule has 1 aromatic heterocycles. The van der Waals surface area contributed by atoms with Crippen LogP contribution in [0.15, 0.2) is 50.4 Å². The Bertz CT molecular complexity index is 652. The molecule has 5 nitrogen and oxygen atoms in total. The van der Waals surface area contributed by atoms with Gasteiger partial charge in [0.1, 0.15) is 11.5 Å². The molecule has 0 unspecified atom stereocenters. The Morgan fingerprint density at radius 3 is 2.74 bits per heavy atom. The van der Waals surface area contributed by atoms with Crippen molar-refractivity contribution >= 4 is 26.0 Å². The minimum absolute atomic E-state index is 0.110. The minimum atomic E-state index is -3.58. The van der Waals surface area contributed by atoms with Crippen LogP contribution in [0.5, 0.6) is 5.75 Å². The van der Waals surface area contributed by atoms with Crippen molar-refractivity contribution in [3.8, 4) is 5.75 Å². The van der Waals surface area contributed by atoms with Crippen LogP contribution in [-0.2, 0) is 16.6 Å². The average Bonchev–Trinajstić information content (AvgIpc) is 2.89. The molecule has 0 radical (unpaired) electrons. The highest BCUT2D eigenvalue weighted by atomic mass is 79.9. The molecule has 2 rings (SSSR count). The molecule has 0 aliphatic rings. The number of methoxy groups -OCH3 is 1. The predicted octanol–water partition coefficient (Wildman–Crippen LogP) is 2.53. The highest BCUT2D eigenvalue weighted by Crippen LogP contribution is 2.27. The maximum absolute atomic E-state index is 12.1. The van der Waals surface area contributed by atoms with Crippen LogP contribution in [0.4, 0.5) is 0 Å². The first-order valence-electron chi connectivity index (χ1n) is 5.38. The summed E-state index contributed by atoms with van der Waals surface area (Å²) in [6, 6.07) is 7.96. The van der Waals surface area contributed by atoms with Crippen molar-refractivity contribution in [2.75, 3.05) is 7.11 Å². The van der Waals surface area contributed by atoms with Crippen molar-refractivity contribution < 1.29 is 17.6 Å². The molecule has 19 heavy (non-hydrogen) atoms. The predicted molar refractivity (Wildman–Crippen MR) is 73.4 cm³/mol. The van der Waals surface area contributed by atoms with E-state index in [1.54, 1.807) is 18.2 Å². The van der Waals surface area contributed by atoms with E-state index in [9.17, 15) is 8.42 Å². The van der Waals surface area contributed by atoms with Gasteiger partial charge in [-0.25, -0.2) is 13.1 Å². The summed E-state index contributed by atoms with van der Waals surface area (Å²) in [5.41, 5.74) is 0. The molecule has 0 atom stereocenters. The van der Waals surface area contributed by atoms with Crippen molar-refractivity contribution in [3.63, 3.8) is 0 Å². The molecule has 0 spiro atoms. The maximum Gasteiger partial charge on any atom is 0.241 e. The third-order valence-corrected chi connectivity index (χ3v) is 4.47. The van der Waals surface area contributed by atoms with Crippen molar-refractivity contribution in [1.82, 2.24) is 4.72 Å². The Labute approximate surface area is 119 Å². The summed E-state index contributed by atoms with van der Waals surface area (Å²) < 4.78 is 37.3. The van der Waals surface area contributed by atoms with Gasteiger partial charge in [0, 0.05) is 0 Å². The Morgan fingerprint density at radius 2 is 2.16 bits per heavy atom. The van der Waals surface area contributed by atoms with E-state index in [2.05, 4.69) is 20.7 Å². The fraction of sp³-hybridized carbons (Fsp3) is 0.167. The molecule has 1 heterocycles. The normalized spacial score (nSPS) is 11.5. The van der Waals surface area contributed by atoms with Gasteiger partial charge in [-0.2, -0.15) is 0 Å². The zero-order valence-electron chi connectivity index (χ0n) is 10.1. The largest absolute Gasteiger partial charge is 0.496 e. The monoisotopic (exact) mass is 345 g/mol. The highest BCUT2D eigenvalue weighted by molar-refractivity contribution is 9.10. The first kappa shape index (κ1) is 14.1. The van der Waals surface area contributed by atoms with Gasteiger partial charge in [0.25, 0.3) is 0 Å². The molecule has 0 saturated carbocycles. The summed E-state index contributed by atoms with van der Waals surface area (Å²) in [7, 11) is -2.06. The molecule has 2 aromatic rings. The van der Waals surface area contributed by atoms with Gasteiger partial charge in [-0.05, 0) is 46.3 Å². The van der Waals surface area contributed by atoms with E-state index < -0.39 is 10.0 Å². The van der Waals surface area contributed by atoms with Gasteiger partial charge < -0.3 is 9.15 Å². The van der Waals surface area contributed by atoms with E-state index >= 15 is 0 Å². The standard InChI is InChI=1S/C12H12BrNO4S/c1-17-12-5-4-10(7-11(12)13)19(15,16)14-8-9-3-2-6-18-9/h2-7,14H,8H2,1H3. The highest BCUT2D eigenvalue weighted by Gasteiger charge is 2.16. The first-order valence-corrected chi connectivity index (χ1v) is 7.66. The zero-order chi connectivity index (χ0) is 13.9. The van der Waals surface area contributed by atoms with E-state index in [0.717, 1.165) is 0 Å². The van der Waals surface area contributed by atoms with Gasteiger partial charge in [-0.3, -0.25) is 0 Å². The number of benzene rings is 1. The van der Waals surface area contributed by atoms with Crippen molar-refractivity contribution in [1.29, 1.82) is 0 Å². The van der Waals surface area contributed by atoms with Gasteiger partial charge >= 0.3 is 0 Å². The second-order valence-corrected chi connectivity index (χ2v) is 6.32. The third kappa shape index (κ3) is 3.37. The van der Waals surface area contributed by atoms with E-state index in [1.807, 2.05) is 0 Å². The lowest BCUT2D eigenvalue weighted by Crippen LogP contribution is -2.23. The van der Waals surface area contributed by atoms with Crippen molar-refractivity contribution in [2.45, 2.75) is 11.4 Å². The average molecular weight is 346 g/mol. The topological polar surface area (TPSA) is 68.5 Å². The SMILES string of the molecule is COc1ccc(S(=O)(=O)NCc2ccco2)cc1Br. The number of hydrogen-bond donors (Lipinski definition) is 1. The van der Waals surface area contributed by atoms with Gasteiger partial charge in [-0.1, -0.05) is 0 Å². The quantitative estimate of drug-likeness (QED) is 0.903. The van der Waals surface area contributed by atoms with Crippen LogP contribution < -0.4 is 9.46 Å². The summed E-state index contributed by atoms with van der Waals surface area (Å²) in [6.45, 7) is 0.110. The number of halogens is 1. The van der Waals surface area contributed by atoms with Gasteiger partial charge in [0.05, 0.1) is 29.3 Å². The molecule has 102 valence electrons. The summed E-state index contributed by atoms with van der Waals surface area (Å²) in [6.07, 6.45) is 1.49. The molecule has 1 aromatic carbocycles. The second-order valence-electron chi connectivity index (χ2n) is 3.70. The lowest BCUT2D eigenvalue weighted by Gasteiger charge is -2.08. The van der Waals surface area contributed by atoms with Gasteiger partial charge in [0.15, 0.2) is 0 Å². The number of sulfonamides is 1. The maximum atomic E-state index is 12.1. The lowest BCUT2D eigenvalue weighted by atomic mass is 10.3. The van der Waals surface area contributed by atoms with E-state index in [4.69, 9.17) is 9.15 Å². The van der Waals surface area contributed by atoms with E-state index in [-0.39, 0.29) is 11.4 Å². The molecule has 0 amide bonds. The van der Waals surface area contributed by atoms with Gasteiger partial charge in [0.2, 0.25) is 10.0 Å². The summed E-state index contributed by atoms with van der Waals surface area (Å²) in [5, 5.41) is 0. The molecular weight excluding hydrogens is 334 g/mol. The molecular formula is C12H12BrNO4S. The minimum Gasteiger partial charge on any atom is -0.496 e. The molecule has 0 aliphatic heterocycles. The number of nitrogens with one attached hydrogen (secondary N) is 1. The van der Waals surface area contributed by atoms with Crippen LogP contribution in [-0.4, -0.2) is 15.5 Å². The summed E-state index contributed by atoms with van der Waals surface area (Å²) in [4.78, 5) is 0.159. The molecule has 0 bridgehead atoms. The van der Waals surface area contributed by atoms with Crippen LogP contribution in [0, 0.1) is 0 Å². The summed E-state index contributed by atoms with van der Waals surface area (Å²) >= 11 is 3.25. The smallest absolute Gasteiger partial charge is 0.241 e. The molecule has 1 N–H and O–H groups in total. The Hall–Kier alpha value is -1.31. The van der Waals surface area contributed by atoms with E-state index in [1.165, 1.54) is 25.5 Å². The van der Waals surface area contributed by atoms with Crippen LogP contribution in [0.3, 0.4) is 0 Å². The summed E-state index contributed by atoms with van der Waals surface area (Å²) in [5.74, 6) is 1.13. The fourth-order valence-corrected chi connectivity index (χ4v) is 3.19. The molecule has 7 heteroatoms. The van der Waals surface area contributed by atoms with Crippen LogP contribution in [0.25, 0.3) is 0 Å². The molecule has 0 saturated heterocycles. The first-order chi connectivity index (χ1) is 9.03. The Balaban J connectivity index is 2.17. The molecule has 0 aliphatic carbocycles. The van der Waals surface area contributed by atoms with Crippen LogP contribution in [0.2, 0.25) is 0 Å². The Morgan fingerprint density at radius 1 is 1.37 bits per heavy atom. The fourth-order valence-electron chi connectivity index (χ4n) is 1.48. The number of furan rings is 1. The number of rotatable bonds is 5. The molecule has 0 fully saturated rings. The van der Waals surface area contributed by atoms with Gasteiger partial charge in [-0.15, -0.1) is 0 Å². The Kier molecular flexibility index (Phi) is 4.28. The third-order valence-electron chi connectivity index (χ3n) is 2.45. The van der Waals surface area contributed by atoms with Crippen molar-refractivity contribution in [3.05, 3.63) is 46.8 Å². The van der Waals surface area contributed by atoms with Crippen LogP contribution >= 0.6 is 15.9 Å². The van der Waals surface area contributed by atoms with Crippen molar-refractivity contribution in [2.24, 2.45) is 0 Å². The number of hydrogen-bond acceptors (Lipinski definition) is 4. The zero-order valence-corrected chi connectivity index (χ0v) is 12.5. The second kappa shape index (κ2) is 5.77. The lowest BCUT2D eigenvalue weighted by molar-refractivity contribution is 0.411. The number of ether oxygens (including phenoxy) is 1. The van der Waals surface area contributed by atoms with E-state index in [0.29, 0.717) is 16.0 Å².